The SMILES string of the molecule is OC[C@H]1O[C@@H](S[C@H](c2ncccc2C(F)(F)F)C2(O)CCCCC2)[C@H](O)[C@@H](n2cc(-c3cc(F)c(F)c(F)c3)nn2)[C@H]1O. The molecule has 0 spiro atoms. The minimum Gasteiger partial charge on any atom is -0.394 e. The first-order valence-electron chi connectivity index (χ1n) is 13.4. The lowest BCUT2D eigenvalue weighted by atomic mass is 9.80. The normalized spacial score (nSPS) is 26.8. The number of ether oxygens (including phenoxy) is 1. The summed E-state index contributed by atoms with van der Waals surface area (Å²) in [6.45, 7) is -0.760. The molecule has 1 saturated carbocycles. The molecule has 1 aliphatic carbocycles. The van der Waals surface area contributed by atoms with Gasteiger partial charge in [0.2, 0.25) is 0 Å². The van der Waals surface area contributed by atoms with Crippen molar-refractivity contribution in [2.24, 2.45) is 0 Å². The zero-order valence-electron chi connectivity index (χ0n) is 22.3. The van der Waals surface area contributed by atoms with Gasteiger partial charge in [-0.1, -0.05) is 24.5 Å². The van der Waals surface area contributed by atoms with Gasteiger partial charge in [0.15, 0.2) is 17.5 Å². The molecule has 234 valence electrons. The van der Waals surface area contributed by atoms with Gasteiger partial charge in [-0.25, -0.2) is 17.9 Å². The van der Waals surface area contributed by atoms with Gasteiger partial charge in [0, 0.05) is 11.8 Å². The third-order valence-corrected chi connectivity index (χ3v) is 9.41. The largest absolute Gasteiger partial charge is 0.418 e. The van der Waals surface area contributed by atoms with Crippen molar-refractivity contribution in [3.05, 3.63) is 65.4 Å². The summed E-state index contributed by atoms with van der Waals surface area (Å²) in [4.78, 5) is 3.99. The Hall–Kier alpha value is -2.76. The Morgan fingerprint density at radius 3 is 2.37 bits per heavy atom. The number of hydrogen-bond donors (Lipinski definition) is 4. The molecule has 2 fully saturated rings. The highest BCUT2D eigenvalue weighted by atomic mass is 32.2. The number of halogens is 6. The van der Waals surface area contributed by atoms with Gasteiger partial charge in [-0.15, -0.1) is 16.9 Å². The maximum atomic E-state index is 14.1. The molecule has 16 heteroatoms. The summed E-state index contributed by atoms with van der Waals surface area (Å²) in [7, 11) is 0. The van der Waals surface area contributed by atoms with Crippen LogP contribution < -0.4 is 0 Å². The zero-order valence-corrected chi connectivity index (χ0v) is 23.1. The molecule has 43 heavy (non-hydrogen) atoms. The van der Waals surface area contributed by atoms with Crippen molar-refractivity contribution >= 4 is 11.8 Å². The minimum absolute atomic E-state index is 0.147. The number of thioether (sulfide) groups is 1. The van der Waals surface area contributed by atoms with Crippen LogP contribution in [0.2, 0.25) is 0 Å². The highest BCUT2D eigenvalue weighted by Gasteiger charge is 2.51. The summed E-state index contributed by atoms with van der Waals surface area (Å²) in [6, 6.07) is 1.92. The van der Waals surface area contributed by atoms with E-state index in [2.05, 4.69) is 15.3 Å². The number of aliphatic hydroxyl groups is 4. The van der Waals surface area contributed by atoms with Crippen LogP contribution in [0.5, 0.6) is 0 Å². The first-order chi connectivity index (χ1) is 20.3. The number of benzene rings is 1. The molecular weight excluding hydrogens is 606 g/mol. The van der Waals surface area contributed by atoms with E-state index in [-0.39, 0.29) is 24.1 Å². The van der Waals surface area contributed by atoms with Crippen LogP contribution in [0.4, 0.5) is 26.3 Å². The minimum atomic E-state index is -4.80. The summed E-state index contributed by atoms with van der Waals surface area (Å²) >= 11 is 0.681. The molecule has 1 aliphatic heterocycles. The fraction of sp³-hybridized carbons (Fsp3) is 0.519. The Balaban J connectivity index is 1.51. The zero-order chi connectivity index (χ0) is 31.1. The second-order valence-electron chi connectivity index (χ2n) is 10.6. The summed E-state index contributed by atoms with van der Waals surface area (Å²) in [5.41, 5.74) is -4.93. The second kappa shape index (κ2) is 12.3. The van der Waals surface area contributed by atoms with Crippen LogP contribution in [0.1, 0.15) is 54.7 Å². The highest BCUT2D eigenvalue weighted by molar-refractivity contribution is 8.00. The lowest BCUT2D eigenvalue weighted by Crippen LogP contribution is -2.55. The van der Waals surface area contributed by atoms with Crippen LogP contribution in [0.3, 0.4) is 0 Å². The van der Waals surface area contributed by atoms with Gasteiger partial charge in [-0.05, 0) is 37.1 Å². The van der Waals surface area contributed by atoms with E-state index in [1.807, 2.05) is 0 Å². The number of aliphatic hydroxyl groups excluding tert-OH is 3. The summed E-state index contributed by atoms with van der Waals surface area (Å²) < 4.78 is 90.0. The number of pyridine rings is 1. The molecule has 1 saturated heterocycles. The van der Waals surface area contributed by atoms with Crippen LogP contribution in [-0.4, -0.2) is 76.4 Å². The third kappa shape index (κ3) is 6.26. The van der Waals surface area contributed by atoms with Gasteiger partial charge in [0.25, 0.3) is 0 Å². The van der Waals surface area contributed by atoms with Crippen molar-refractivity contribution < 1.29 is 51.5 Å². The van der Waals surface area contributed by atoms with Crippen LogP contribution in [-0.2, 0) is 10.9 Å². The summed E-state index contributed by atoms with van der Waals surface area (Å²) in [5, 5.41) is 50.3. The van der Waals surface area contributed by atoms with Crippen LogP contribution in [0.15, 0.2) is 36.7 Å². The first-order valence-corrected chi connectivity index (χ1v) is 14.4. The lowest BCUT2D eigenvalue weighted by Gasteiger charge is -2.45. The molecule has 3 heterocycles. The average molecular weight is 635 g/mol. The van der Waals surface area contributed by atoms with Gasteiger partial charge in [-0.2, -0.15) is 13.2 Å². The van der Waals surface area contributed by atoms with E-state index in [0.29, 0.717) is 36.7 Å². The predicted octanol–water partition coefficient (Wildman–Crippen LogP) is 3.93. The maximum absolute atomic E-state index is 14.1. The summed E-state index contributed by atoms with van der Waals surface area (Å²) in [5.74, 6) is -4.65. The third-order valence-electron chi connectivity index (χ3n) is 7.81. The molecule has 0 bridgehead atoms. The first kappa shape index (κ1) is 31.7. The van der Waals surface area contributed by atoms with Crippen LogP contribution in [0.25, 0.3) is 11.3 Å². The van der Waals surface area contributed by atoms with E-state index in [9.17, 15) is 46.8 Å². The van der Waals surface area contributed by atoms with Crippen LogP contribution >= 0.6 is 11.8 Å². The van der Waals surface area contributed by atoms with Gasteiger partial charge in [0.05, 0.1) is 34.9 Å². The number of nitrogens with zero attached hydrogens (tertiary/aromatic N) is 4. The molecule has 2 aliphatic rings. The quantitative estimate of drug-likeness (QED) is 0.225. The molecule has 0 unspecified atom stereocenters. The Kier molecular flexibility index (Phi) is 9.07. The van der Waals surface area contributed by atoms with E-state index in [4.69, 9.17) is 4.74 Å². The molecule has 6 atom stereocenters. The fourth-order valence-electron chi connectivity index (χ4n) is 5.62. The molecule has 2 aromatic heterocycles. The number of hydrogen-bond acceptors (Lipinski definition) is 9. The van der Waals surface area contributed by atoms with E-state index in [0.717, 1.165) is 29.4 Å². The molecular formula is C27H28F6N4O5S. The van der Waals surface area contributed by atoms with Crippen molar-refractivity contribution in [2.75, 3.05) is 6.61 Å². The van der Waals surface area contributed by atoms with Crippen molar-refractivity contribution in [2.45, 2.75) is 78.9 Å². The predicted molar refractivity (Wildman–Crippen MR) is 140 cm³/mol. The van der Waals surface area contributed by atoms with E-state index in [1.165, 1.54) is 6.20 Å². The van der Waals surface area contributed by atoms with Crippen molar-refractivity contribution in [1.82, 2.24) is 20.0 Å². The Bertz CT molecular complexity index is 1420. The molecule has 1 aromatic carbocycles. The monoisotopic (exact) mass is 634 g/mol. The molecule has 5 rings (SSSR count). The molecule has 0 amide bonds. The van der Waals surface area contributed by atoms with Gasteiger partial charge >= 0.3 is 6.18 Å². The van der Waals surface area contributed by atoms with E-state index >= 15 is 0 Å². The average Bonchev–Trinajstić information content (AvgIpc) is 3.45. The standard InChI is InChI=1S/C27H28F6N4O5S/c28-15-9-13(10-16(29)19(15)30)17-11-37(36-35-17)21-22(39)18(12-38)42-25(23(21)40)43-24(26(41)6-2-1-3-7-26)20-14(27(31,32)33)5-4-8-34-20/h4-5,8-11,18,21-25,38-41H,1-3,6-7,12H2/t18-,21+,22+,23-,24-,25+/m1/s1. The number of aromatic nitrogens is 4. The van der Waals surface area contributed by atoms with E-state index in [1.54, 1.807) is 0 Å². The molecule has 3 aromatic rings. The Labute approximate surface area is 245 Å². The van der Waals surface area contributed by atoms with Crippen molar-refractivity contribution in [3.8, 4) is 11.3 Å². The fourth-order valence-corrected chi connectivity index (χ4v) is 7.23. The lowest BCUT2D eigenvalue weighted by molar-refractivity contribution is -0.179. The van der Waals surface area contributed by atoms with Gasteiger partial charge in [0.1, 0.15) is 35.5 Å². The maximum Gasteiger partial charge on any atom is 0.418 e. The van der Waals surface area contributed by atoms with Crippen molar-refractivity contribution in [1.29, 1.82) is 0 Å². The summed E-state index contributed by atoms with van der Waals surface area (Å²) in [6.07, 6.45) is -5.01. The molecule has 0 radical (unpaired) electrons. The molecule has 9 nitrogen and oxygen atoms in total. The smallest absolute Gasteiger partial charge is 0.394 e. The van der Waals surface area contributed by atoms with Crippen LogP contribution in [0, 0.1) is 17.5 Å². The van der Waals surface area contributed by atoms with Gasteiger partial charge < -0.3 is 25.2 Å². The molecule has 4 N–H and O–H groups in total. The number of rotatable bonds is 7. The Morgan fingerprint density at radius 2 is 1.74 bits per heavy atom. The second-order valence-corrected chi connectivity index (χ2v) is 11.9. The van der Waals surface area contributed by atoms with Crippen molar-refractivity contribution in [3.63, 3.8) is 0 Å². The topological polar surface area (TPSA) is 134 Å². The number of alkyl halides is 3. The van der Waals surface area contributed by atoms with E-state index < -0.39 is 82.1 Å². The van der Waals surface area contributed by atoms with Gasteiger partial charge in [-0.3, -0.25) is 4.98 Å². The Morgan fingerprint density at radius 1 is 1.07 bits per heavy atom. The highest BCUT2D eigenvalue weighted by Crippen LogP contribution is 2.52.